The lowest BCUT2D eigenvalue weighted by atomic mass is 9.90. The van der Waals surface area contributed by atoms with Gasteiger partial charge in [0.05, 0.1) is 17.5 Å². The largest absolute Gasteiger partial charge is 0.332 e. The maximum atomic E-state index is 12.6. The minimum atomic E-state index is -0.0482. The molecule has 4 rings (SSSR count). The van der Waals surface area contributed by atoms with Gasteiger partial charge in [-0.3, -0.25) is 14.4 Å². The summed E-state index contributed by atoms with van der Waals surface area (Å²) in [7, 11) is 0. The van der Waals surface area contributed by atoms with Crippen LogP contribution in [0.2, 0.25) is 0 Å². The monoisotopic (exact) mass is 382 g/mol. The number of hydrogen-bond acceptors (Lipinski definition) is 4. The number of Topliss-reactive ketones (excluding diaryl/α,β-unsaturated/α-hetero) is 1. The summed E-state index contributed by atoms with van der Waals surface area (Å²) < 4.78 is 0. The number of carbonyl (C=O) groups excluding carboxylic acids is 3. The number of fused-ring (bicyclic) bond motifs is 3. The number of carbonyl (C=O) groups is 3. The van der Waals surface area contributed by atoms with Crippen LogP contribution in [0.3, 0.4) is 0 Å². The van der Waals surface area contributed by atoms with Crippen molar-refractivity contribution in [2.45, 2.75) is 31.7 Å². The maximum absolute atomic E-state index is 12.6. The van der Waals surface area contributed by atoms with Crippen LogP contribution in [-0.4, -0.2) is 47.0 Å². The highest BCUT2D eigenvalue weighted by molar-refractivity contribution is 7.12. The van der Waals surface area contributed by atoms with Crippen LogP contribution in [0, 0.1) is 0 Å². The Morgan fingerprint density at radius 3 is 2.78 bits per heavy atom. The van der Waals surface area contributed by atoms with Gasteiger partial charge in [-0.15, -0.1) is 11.3 Å². The fourth-order valence-electron chi connectivity index (χ4n) is 3.98. The molecule has 2 aliphatic heterocycles. The molecule has 27 heavy (non-hydrogen) atoms. The van der Waals surface area contributed by atoms with Gasteiger partial charge in [-0.05, 0) is 35.4 Å². The Balaban J connectivity index is 1.38. The van der Waals surface area contributed by atoms with E-state index < -0.39 is 0 Å². The van der Waals surface area contributed by atoms with Crippen molar-refractivity contribution in [1.82, 2.24) is 9.80 Å². The van der Waals surface area contributed by atoms with Crippen LogP contribution in [0.1, 0.15) is 46.1 Å². The molecule has 0 saturated carbocycles. The minimum Gasteiger partial charge on any atom is -0.332 e. The number of piperazine rings is 1. The lowest BCUT2D eigenvalue weighted by molar-refractivity contribution is -0.149. The lowest BCUT2D eigenvalue weighted by Crippen LogP contribution is -2.55. The smallest absolute Gasteiger partial charge is 0.242 e. The summed E-state index contributed by atoms with van der Waals surface area (Å²) >= 11 is 1.43. The molecule has 1 fully saturated rings. The van der Waals surface area contributed by atoms with Crippen LogP contribution < -0.4 is 0 Å². The van der Waals surface area contributed by atoms with Crippen LogP contribution in [0.15, 0.2) is 41.8 Å². The van der Waals surface area contributed by atoms with E-state index in [0.717, 1.165) is 23.4 Å². The maximum Gasteiger partial charge on any atom is 0.242 e. The molecular formula is C21H22N2O3S. The first kappa shape index (κ1) is 17.9. The summed E-state index contributed by atoms with van der Waals surface area (Å²) in [4.78, 5) is 41.6. The summed E-state index contributed by atoms with van der Waals surface area (Å²) in [5.41, 5.74) is 2.42. The summed E-state index contributed by atoms with van der Waals surface area (Å²) in [6.45, 7) is 1.41. The number of hydrogen-bond donors (Lipinski definition) is 0. The van der Waals surface area contributed by atoms with Crippen molar-refractivity contribution in [3.63, 3.8) is 0 Å². The molecule has 0 radical (unpaired) electrons. The second kappa shape index (κ2) is 7.64. The van der Waals surface area contributed by atoms with Gasteiger partial charge < -0.3 is 9.80 Å². The van der Waals surface area contributed by atoms with Crippen molar-refractivity contribution in [3.05, 3.63) is 57.8 Å². The van der Waals surface area contributed by atoms with E-state index in [1.807, 2.05) is 34.5 Å². The van der Waals surface area contributed by atoms with Crippen molar-refractivity contribution in [2.75, 3.05) is 19.6 Å². The van der Waals surface area contributed by atoms with Crippen molar-refractivity contribution < 1.29 is 14.4 Å². The Morgan fingerprint density at radius 2 is 1.96 bits per heavy atom. The van der Waals surface area contributed by atoms with Gasteiger partial charge in [0.15, 0.2) is 5.78 Å². The van der Waals surface area contributed by atoms with Gasteiger partial charge >= 0.3 is 0 Å². The topological polar surface area (TPSA) is 57.7 Å². The van der Waals surface area contributed by atoms with E-state index in [2.05, 4.69) is 12.1 Å². The van der Waals surface area contributed by atoms with Crippen molar-refractivity contribution in [1.29, 1.82) is 0 Å². The zero-order chi connectivity index (χ0) is 18.8. The molecule has 5 nitrogen and oxygen atoms in total. The van der Waals surface area contributed by atoms with Gasteiger partial charge in [-0.2, -0.15) is 0 Å². The Morgan fingerprint density at radius 1 is 1.11 bits per heavy atom. The number of rotatable bonds is 5. The van der Waals surface area contributed by atoms with Gasteiger partial charge in [0.2, 0.25) is 11.8 Å². The third kappa shape index (κ3) is 3.67. The number of thiophene rings is 1. The zero-order valence-electron chi connectivity index (χ0n) is 15.1. The summed E-state index contributed by atoms with van der Waals surface area (Å²) in [5, 5.41) is 1.88. The first-order chi connectivity index (χ1) is 13.1. The first-order valence-corrected chi connectivity index (χ1v) is 10.2. The van der Waals surface area contributed by atoms with Crippen molar-refractivity contribution >= 4 is 28.9 Å². The molecule has 1 saturated heterocycles. The van der Waals surface area contributed by atoms with Crippen LogP contribution >= 0.6 is 11.3 Å². The van der Waals surface area contributed by atoms with E-state index in [0.29, 0.717) is 25.8 Å². The fraction of sp³-hybridized carbons (Fsp3) is 0.381. The molecule has 2 aromatic rings. The fourth-order valence-corrected chi connectivity index (χ4v) is 4.68. The molecular weight excluding hydrogens is 360 g/mol. The summed E-state index contributed by atoms with van der Waals surface area (Å²) in [6, 6.07) is 11.8. The molecule has 140 valence electrons. The molecule has 6 heteroatoms. The number of nitrogens with zero attached hydrogens (tertiary/aromatic N) is 2. The Kier molecular flexibility index (Phi) is 5.07. The lowest BCUT2D eigenvalue weighted by Gasteiger charge is -2.44. The van der Waals surface area contributed by atoms with Crippen molar-refractivity contribution in [3.8, 4) is 0 Å². The van der Waals surface area contributed by atoms with E-state index in [1.54, 1.807) is 4.90 Å². The van der Waals surface area contributed by atoms with E-state index in [9.17, 15) is 14.4 Å². The summed E-state index contributed by atoms with van der Waals surface area (Å²) in [6.07, 6.45) is 2.06. The highest BCUT2D eigenvalue weighted by atomic mass is 32.1. The predicted molar refractivity (Wildman–Crippen MR) is 104 cm³/mol. The van der Waals surface area contributed by atoms with Gasteiger partial charge in [0.25, 0.3) is 0 Å². The molecule has 2 amide bonds. The SMILES string of the molecule is O=C(CCCC(=O)N1CC(=O)N2CCc3ccccc3C2C1)c1cccs1. The summed E-state index contributed by atoms with van der Waals surface area (Å²) in [5.74, 6) is 0.0636. The van der Waals surface area contributed by atoms with Crippen LogP contribution in [-0.2, 0) is 16.0 Å². The number of amides is 2. The molecule has 1 unspecified atom stereocenters. The highest BCUT2D eigenvalue weighted by Gasteiger charge is 2.38. The molecule has 0 aliphatic carbocycles. The van der Waals surface area contributed by atoms with E-state index in [-0.39, 0.29) is 30.2 Å². The van der Waals surface area contributed by atoms with Crippen LogP contribution in [0.4, 0.5) is 0 Å². The average molecular weight is 382 g/mol. The second-order valence-corrected chi connectivity index (χ2v) is 8.03. The standard InChI is InChI=1S/C21H22N2O3S/c24-18(19-8-4-12-27-19)7-3-9-20(25)22-13-17-16-6-2-1-5-15(16)10-11-23(17)21(26)14-22/h1-2,4-6,8,12,17H,3,7,9-11,13-14H2. The second-order valence-electron chi connectivity index (χ2n) is 7.08. The molecule has 3 heterocycles. The normalized spacial score (nSPS) is 18.8. The highest BCUT2D eigenvalue weighted by Crippen LogP contribution is 2.33. The first-order valence-electron chi connectivity index (χ1n) is 9.35. The molecule has 0 bridgehead atoms. The molecule has 0 spiro atoms. The Hall–Kier alpha value is -2.47. The third-order valence-electron chi connectivity index (χ3n) is 5.40. The Bertz CT molecular complexity index is 862. The third-order valence-corrected chi connectivity index (χ3v) is 6.31. The molecule has 1 aromatic heterocycles. The molecule has 2 aliphatic rings. The van der Waals surface area contributed by atoms with Gasteiger partial charge in [0.1, 0.15) is 0 Å². The molecule has 1 atom stereocenters. The zero-order valence-corrected chi connectivity index (χ0v) is 15.9. The van der Waals surface area contributed by atoms with Gasteiger partial charge in [-0.1, -0.05) is 30.3 Å². The average Bonchev–Trinajstić information content (AvgIpc) is 3.22. The van der Waals surface area contributed by atoms with E-state index >= 15 is 0 Å². The quantitative estimate of drug-likeness (QED) is 0.747. The number of benzene rings is 1. The van der Waals surface area contributed by atoms with E-state index in [1.165, 1.54) is 16.9 Å². The molecule has 0 N–H and O–H groups in total. The predicted octanol–water partition coefficient (Wildman–Crippen LogP) is 3.07. The number of ketones is 1. The van der Waals surface area contributed by atoms with Crippen LogP contribution in [0.25, 0.3) is 0 Å². The van der Waals surface area contributed by atoms with Crippen molar-refractivity contribution in [2.24, 2.45) is 0 Å². The minimum absolute atomic E-state index is 0.0174. The van der Waals surface area contributed by atoms with Gasteiger partial charge in [-0.25, -0.2) is 0 Å². The van der Waals surface area contributed by atoms with Gasteiger partial charge in [0, 0.05) is 25.9 Å². The van der Waals surface area contributed by atoms with Crippen LogP contribution in [0.5, 0.6) is 0 Å². The molecule has 1 aromatic carbocycles. The van der Waals surface area contributed by atoms with E-state index in [4.69, 9.17) is 0 Å². The Labute approximate surface area is 162 Å².